The van der Waals surface area contributed by atoms with Gasteiger partial charge in [-0.1, -0.05) is 85.0 Å². The van der Waals surface area contributed by atoms with Gasteiger partial charge in [0.2, 0.25) is 5.91 Å². The second-order valence-electron chi connectivity index (χ2n) is 10.9. The van der Waals surface area contributed by atoms with Gasteiger partial charge in [-0.05, 0) is 57.4 Å². The summed E-state index contributed by atoms with van der Waals surface area (Å²) in [5.41, 5.74) is 8.06. The topological polar surface area (TPSA) is 180 Å². The molecule has 1 unspecified atom stereocenters. The maximum atomic E-state index is 12.2. The zero-order valence-electron chi connectivity index (χ0n) is 28.0. The number of aromatic amines is 1. The Balaban J connectivity index is 1.52. The van der Waals surface area contributed by atoms with E-state index in [1.807, 2.05) is 12.2 Å². The molecule has 1 fully saturated rings. The third kappa shape index (κ3) is 16.6. The Kier molecular flexibility index (Phi) is 19.9. The second kappa shape index (κ2) is 24.3. The van der Waals surface area contributed by atoms with E-state index in [1.54, 1.807) is 6.92 Å². The zero-order valence-corrected chi connectivity index (χ0v) is 28.0. The normalized spacial score (nSPS) is 18.2. The Morgan fingerprint density at radius 2 is 1.52 bits per heavy atom. The summed E-state index contributed by atoms with van der Waals surface area (Å²) in [6.45, 7) is 3.85. The lowest BCUT2D eigenvalue weighted by Gasteiger charge is -2.17. The van der Waals surface area contributed by atoms with Gasteiger partial charge in [0.1, 0.15) is 18.9 Å². The first-order valence-corrected chi connectivity index (χ1v) is 16.4. The lowest BCUT2D eigenvalue weighted by atomic mass is 10.1. The number of H-pyrrole nitrogens is 1. The van der Waals surface area contributed by atoms with Gasteiger partial charge in [-0.2, -0.15) is 0 Å². The molecule has 0 spiro atoms. The van der Waals surface area contributed by atoms with E-state index in [0.717, 1.165) is 38.5 Å². The highest BCUT2D eigenvalue weighted by Crippen LogP contribution is 2.30. The molecular weight excluding hydrogens is 614 g/mol. The smallest absolute Gasteiger partial charge is 0.407 e. The minimum Gasteiger partial charge on any atom is -0.447 e. The van der Waals surface area contributed by atoms with E-state index >= 15 is 0 Å². The Morgan fingerprint density at radius 1 is 0.958 bits per heavy atom. The molecule has 13 heteroatoms. The van der Waals surface area contributed by atoms with Gasteiger partial charge < -0.3 is 20.1 Å². The summed E-state index contributed by atoms with van der Waals surface area (Å²) in [6.07, 6.45) is 31.5. The number of hydrogen-bond acceptors (Lipinski definition) is 7. The predicted molar refractivity (Wildman–Crippen MR) is 187 cm³/mol. The van der Waals surface area contributed by atoms with Crippen LogP contribution in [-0.4, -0.2) is 53.4 Å². The minimum absolute atomic E-state index is 0.125. The summed E-state index contributed by atoms with van der Waals surface area (Å²) < 4.78 is 12.2. The number of alkyl carbamates (subject to hydrolysis) is 1. The zero-order chi connectivity index (χ0) is 34.8. The quantitative estimate of drug-likeness (QED) is 0.0468. The minimum atomic E-state index is -0.802. The van der Waals surface area contributed by atoms with Crippen LogP contribution in [-0.2, 0) is 14.3 Å². The Hall–Kier alpha value is -4.87. The van der Waals surface area contributed by atoms with Gasteiger partial charge in [0.15, 0.2) is 0 Å². The van der Waals surface area contributed by atoms with Crippen molar-refractivity contribution >= 4 is 12.0 Å². The van der Waals surface area contributed by atoms with Crippen LogP contribution in [0.3, 0.4) is 0 Å². The number of amides is 2. The Labute approximate surface area is 281 Å². The van der Waals surface area contributed by atoms with Gasteiger partial charge in [0.25, 0.3) is 5.56 Å². The molecule has 2 rings (SSSR count). The molecule has 0 saturated carbocycles. The van der Waals surface area contributed by atoms with Gasteiger partial charge in [0, 0.05) is 42.6 Å². The van der Waals surface area contributed by atoms with Crippen LogP contribution in [0.1, 0.15) is 76.5 Å². The van der Waals surface area contributed by atoms with Crippen molar-refractivity contribution in [2.75, 3.05) is 19.7 Å². The molecule has 1 saturated heterocycles. The van der Waals surface area contributed by atoms with E-state index in [0.29, 0.717) is 18.4 Å². The lowest BCUT2D eigenvalue weighted by molar-refractivity contribution is -0.120. The molecular formula is C35H49N7O6. The van der Waals surface area contributed by atoms with Crippen LogP contribution < -0.4 is 21.9 Å². The number of ether oxygens (including phenoxy) is 2. The summed E-state index contributed by atoms with van der Waals surface area (Å²) in [4.78, 5) is 53.1. The van der Waals surface area contributed by atoms with Gasteiger partial charge in [-0.25, -0.2) is 9.59 Å². The average molecular weight is 664 g/mol. The van der Waals surface area contributed by atoms with E-state index in [2.05, 4.69) is 93.3 Å². The van der Waals surface area contributed by atoms with Crippen LogP contribution in [0.25, 0.3) is 10.4 Å². The number of aryl methyl sites for hydroxylation is 1. The molecule has 2 heterocycles. The molecule has 1 aromatic heterocycles. The first kappa shape index (κ1) is 39.3. The highest BCUT2D eigenvalue weighted by atomic mass is 16.6. The molecule has 2 amide bonds. The number of rotatable bonds is 21. The van der Waals surface area contributed by atoms with Crippen LogP contribution in [0.2, 0.25) is 0 Å². The highest BCUT2D eigenvalue weighted by Gasteiger charge is 2.37. The fourth-order valence-electron chi connectivity index (χ4n) is 4.54. The molecule has 1 aliphatic heterocycles. The number of azide groups is 1. The molecule has 13 nitrogen and oxygen atoms in total. The third-order valence-corrected chi connectivity index (χ3v) is 7.09. The van der Waals surface area contributed by atoms with Crippen LogP contribution >= 0.6 is 0 Å². The average Bonchev–Trinajstić information content (AvgIpc) is 3.47. The molecule has 0 aliphatic carbocycles. The summed E-state index contributed by atoms with van der Waals surface area (Å²) in [5, 5.41) is 8.98. The van der Waals surface area contributed by atoms with Crippen LogP contribution in [0, 0.1) is 6.92 Å². The van der Waals surface area contributed by atoms with E-state index < -0.39 is 35.7 Å². The van der Waals surface area contributed by atoms with Crippen molar-refractivity contribution in [1.29, 1.82) is 0 Å². The first-order chi connectivity index (χ1) is 23.3. The van der Waals surface area contributed by atoms with Crippen LogP contribution in [0.15, 0.2) is 93.8 Å². The van der Waals surface area contributed by atoms with Crippen LogP contribution in [0.4, 0.5) is 4.79 Å². The maximum Gasteiger partial charge on any atom is 0.407 e. The van der Waals surface area contributed by atoms with Crippen molar-refractivity contribution in [2.45, 2.75) is 90.0 Å². The molecule has 0 radical (unpaired) electrons. The Bertz CT molecular complexity index is 1480. The maximum absolute atomic E-state index is 12.2. The summed E-state index contributed by atoms with van der Waals surface area (Å²) in [7, 11) is 0. The Morgan fingerprint density at radius 3 is 2.10 bits per heavy atom. The molecule has 0 bridgehead atoms. The SMILES string of the molecule is CC/C=C\C/C=C\C/C=C\C/C=C\C/C=C\C/C=C\CCC(=O)NCCNC(=O)OC[C@H]1OC(n2cc(C)c(=O)[nH]c2=O)C[C@@H]1N=[N+]=[N-]. The summed E-state index contributed by atoms with van der Waals surface area (Å²) in [6, 6.07) is -0.688. The van der Waals surface area contributed by atoms with Gasteiger partial charge in [-0.15, -0.1) is 0 Å². The second-order valence-corrected chi connectivity index (χ2v) is 10.9. The monoisotopic (exact) mass is 663 g/mol. The van der Waals surface area contributed by atoms with Crippen molar-refractivity contribution < 1.29 is 19.1 Å². The number of allylic oxidation sites excluding steroid dienone is 12. The predicted octanol–water partition coefficient (Wildman–Crippen LogP) is 6.13. The molecule has 0 aromatic carbocycles. The van der Waals surface area contributed by atoms with Crippen molar-refractivity contribution in [2.24, 2.45) is 5.11 Å². The third-order valence-electron chi connectivity index (χ3n) is 7.09. The molecule has 48 heavy (non-hydrogen) atoms. The number of carbonyl (C=O) groups is 2. The van der Waals surface area contributed by atoms with E-state index in [1.165, 1.54) is 10.8 Å². The number of hydrogen-bond donors (Lipinski definition) is 3. The lowest BCUT2D eigenvalue weighted by Crippen LogP contribution is -2.36. The standard InChI is InChI=1S/C35H49N7O6/c1-3-4-5-6-7-8-9-10-11-12-13-14-15-16-17-18-19-20-21-22-31(43)37-23-24-38-35(46)47-27-30-29(40-41-36)25-32(48-30)42-26-28(2)33(44)39-34(42)45/h4-5,7-8,10-11,13-14,16-17,19-20,26,29-30,32H,3,6,9,12,15,18,21-25,27H2,1-2H3,(H,37,43)(H,38,46)(H,39,44,45)/b5-4-,8-7-,11-10-,14-13-,17-16-,20-19-/t29-,30+,32?/m0/s1. The largest absolute Gasteiger partial charge is 0.447 e. The van der Waals surface area contributed by atoms with Crippen molar-refractivity contribution in [3.63, 3.8) is 0 Å². The molecule has 3 N–H and O–H groups in total. The number of nitrogens with one attached hydrogen (secondary N) is 3. The fraction of sp³-hybridized carbons (Fsp3) is 0.486. The number of nitrogens with zero attached hydrogens (tertiary/aromatic N) is 4. The van der Waals surface area contributed by atoms with Gasteiger partial charge >= 0.3 is 11.8 Å². The molecule has 3 atom stereocenters. The fourth-order valence-corrected chi connectivity index (χ4v) is 4.54. The van der Waals surface area contributed by atoms with E-state index in [9.17, 15) is 19.2 Å². The molecule has 1 aliphatic rings. The van der Waals surface area contributed by atoms with Crippen molar-refractivity contribution in [3.05, 3.63) is 116 Å². The van der Waals surface area contributed by atoms with Gasteiger partial charge in [0.05, 0.1) is 6.04 Å². The molecule has 260 valence electrons. The van der Waals surface area contributed by atoms with Crippen molar-refractivity contribution in [3.8, 4) is 0 Å². The number of aromatic nitrogens is 2. The number of carbonyl (C=O) groups excluding carboxylic acids is 2. The highest BCUT2D eigenvalue weighted by molar-refractivity contribution is 5.76. The first-order valence-electron chi connectivity index (χ1n) is 16.4. The van der Waals surface area contributed by atoms with E-state index in [-0.39, 0.29) is 32.0 Å². The van der Waals surface area contributed by atoms with Crippen LogP contribution in [0.5, 0.6) is 0 Å². The van der Waals surface area contributed by atoms with Gasteiger partial charge in [-0.3, -0.25) is 19.1 Å². The van der Waals surface area contributed by atoms with E-state index in [4.69, 9.17) is 15.0 Å². The molecule has 1 aromatic rings. The summed E-state index contributed by atoms with van der Waals surface area (Å²) >= 11 is 0. The van der Waals surface area contributed by atoms with Crippen molar-refractivity contribution in [1.82, 2.24) is 20.2 Å². The summed E-state index contributed by atoms with van der Waals surface area (Å²) in [5.74, 6) is -0.125.